The van der Waals surface area contributed by atoms with Crippen LogP contribution in [0.25, 0.3) is 5.65 Å². The lowest BCUT2D eigenvalue weighted by molar-refractivity contribution is -0.137. The molecule has 4 aromatic rings. The smallest absolute Gasteiger partial charge is 0.416 e. The van der Waals surface area contributed by atoms with Crippen LogP contribution in [0.15, 0.2) is 74.9 Å². The fourth-order valence-electron chi connectivity index (χ4n) is 3.09. The summed E-state index contributed by atoms with van der Waals surface area (Å²) in [6.45, 7) is 1.26. The number of amides is 1. The number of fused-ring (bicyclic) bond motifs is 1. The molecule has 0 atom stereocenters. The quantitative estimate of drug-likeness (QED) is 0.371. The number of halogens is 3. The third kappa shape index (κ3) is 5.60. The number of carbonyl (C=O) groups is 1. The number of hydrogen-bond donors (Lipinski definition) is 1. The second kappa shape index (κ2) is 9.64. The van der Waals surface area contributed by atoms with Crippen molar-refractivity contribution in [2.45, 2.75) is 23.7 Å². The molecule has 0 saturated heterocycles. The van der Waals surface area contributed by atoms with Crippen molar-refractivity contribution in [1.29, 1.82) is 0 Å². The number of hydrogen-bond acceptors (Lipinski definition) is 6. The van der Waals surface area contributed by atoms with Crippen LogP contribution in [0, 0.1) is 6.92 Å². The molecule has 0 fully saturated rings. The number of rotatable bonds is 7. The minimum Gasteiger partial charge on any atom is -0.484 e. The van der Waals surface area contributed by atoms with E-state index < -0.39 is 24.3 Å². The molecule has 34 heavy (non-hydrogen) atoms. The van der Waals surface area contributed by atoms with Crippen molar-refractivity contribution in [3.05, 3.63) is 88.0 Å². The first-order valence-electron chi connectivity index (χ1n) is 10.0. The molecule has 2 aromatic heterocycles. The van der Waals surface area contributed by atoms with Gasteiger partial charge in [0.15, 0.2) is 12.3 Å². The average Bonchev–Trinajstić information content (AvgIpc) is 3.17. The highest BCUT2D eigenvalue weighted by molar-refractivity contribution is 7.98. The summed E-state index contributed by atoms with van der Waals surface area (Å²) in [4.78, 5) is 29.7. The molecular weight excluding hydrogens is 471 g/mol. The van der Waals surface area contributed by atoms with Gasteiger partial charge >= 0.3 is 6.18 Å². The molecule has 0 aliphatic carbocycles. The third-order valence-electron chi connectivity index (χ3n) is 4.59. The summed E-state index contributed by atoms with van der Waals surface area (Å²) >= 11 is 1.36. The van der Waals surface area contributed by atoms with Crippen LogP contribution in [0.4, 0.5) is 18.9 Å². The van der Waals surface area contributed by atoms with Crippen LogP contribution < -0.4 is 15.6 Å². The van der Waals surface area contributed by atoms with Crippen molar-refractivity contribution in [2.75, 3.05) is 11.9 Å². The van der Waals surface area contributed by atoms with E-state index in [1.54, 1.807) is 37.3 Å². The largest absolute Gasteiger partial charge is 0.484 e. The number of benzene rings is 2. The van der Waals surface area contributed by atoms with Crippen molar-refractivity contribution in [3.8, 4) is 5.75 Å². The number of nitrogens with zero attached hydrogens (tertiary/aromatic N) is 2. The Bertz CT molecular complexity index is 1400. The average molecular weight is 489 g/mol. The molecule has 0 spiro atoms. The van der Waals surface area contributed by atoms with Gasteiger partial charge in [-0.2, -0.15) is 13.2 Å². The molecule has 1 N–H and O–H groups in total. The Balaban J connectivity index is 1.40. The first-order chi connectivity index (χ1) is 16.2. The van der Waals surface area contributed by atoms with Gasteiger partial charge in [-0.25, -0.2) is 4.98 Å². The van der Waals surface area contributed by atoms with Gasteiger partial charge in [-0.15, -0.1) is 16.3 Å². The lowest BCUT2D eigenvalue weighted by atomic mass is 10.2. The molecule has 0 aliphatic rings. The van der Waals surface area contributed by atoms with Crippen LogP contribution in [0.5, 0.6) is 5.75 Å². The van der Waals surface area contributed by atoms with Crippen molar-refractivity contribution < 1.29 is 27.2 Å². The zero-order valence-electron chi connectivity index (χ0n) is 17.8. The molecular formula is C23H18F3N3O4S. The minimum atomic E-state index is -4.50. The number of aromatic nitrogens is 2. The Hall–Kier alpha value is -3.73. The summed E-state index contributed by atoms with van der Waals surface area (Å²) in [5.74, 6) is 0.339. The van der Waals surface area contributed by atoms with Crippen LogP contribution in [0.1, 0.15) is 17.0 Å². The predicted octanol–water partition coefficient (Wildman–Crippen LogP) is 4.92. The van der Waals surface area contributed by atoms with E-state index >= 15 is 0 Å². The highest BCUT2D eigenvalue weighted by Gasteiger charge is 2.30. The summed E-state index contributed by atoms with van der Waals surface area (Å²) in [5.41, 5.74) is 0.270. The number of alkyl halides is 3. The molecule has 7 nitrogen and oxygen atoms in total. The highest BCUT2D eigenvalue weighted by Crippen LogP contribution is 2.32. The normalized spacial score (nSPS) is 11.5. The van der Waals surface area contributed by atoms with Crippen LogP contribution in [-0.4, -0.2) is 22.1 Å². The van der Waals surface area contributed by atoms with Crippen LogP contribution >= 0.6 is 11.8 Å². The first kappa shape index (κ1) is 23.4. The summed E-state index contributed by atoms with van der Waals surface area (Å²) in [5, 5.41) is 2.70. The second-order valence-corrected chi connectivity index (χ2v) is 8.25. The van der Waals surface area contributed by atoms with Gasteiger partial charge < -0.3 is 14.6 Å². The Kier molecular flexibility index (Phi) is 6.64. The molecule has 1 amide bonds. The molecule has 0 aliphatic heterocycles. The maximum absolute atomic E-state index is 12.8. The number of ether oxygens (including phenoxy) is 1. The Morgan fingerprint density at radius 3 is 2.74 bits per heavy atom. The second-order valence-electron chi connectivity index (χ2n) is 7.23. The maximum atomic E-state index is 12.8. The molecule has 0 saturated carbocycles. The molecule has 176 valence electrons. The number of nitrogens with one attached hydrogen (secondary N) is 1. The minimum absolute atomic E-state index is 0.0603. The maximum Gasteiger partial charge on any atom is 0.416 e. The van der Waals surface area contributed by atoms with Crippen molar-refractivity contribution >= 4 is 29.0 Å². The van der Waals surface area contributed by atoms with Crippen molar-refractivity contribution in [1.82, 2.24) is 9.56 Å². The number of para-hydroxylation sites is 1. The SMILES string of the molecule is Cc1cc2nc(CSc3ccccc3NC(=O)COc3cccc(C(F)(F)F)c3)cc(=O)n2o1. The van der Waals surface area contributed by atoms with E-state index in [4.69, 9.17) is 9.26 Å². The van der Waals surface area contributed by atoms with Gasteiger partial charge in [0.2, 0.25) is 0 Å². The van der Waals surface area contributed by atoms with E-state index in [1.807, 2.05) is 0 Å². The van der Waals surface area contributed by atoms with Gasteiger partial charge in [0.1, 0.15) is 11.5 Å². The fraction of sp³-hybridized carbons (Fsp3) is 0.174. The molecule has 4 rings (SSSR count). The molecule has 0 radical (unpaired) electrons. The monoisotopic (exact) mass is 489 g/mol. The molecule has 0 unspecified atom stereocenters. The lowest BCUT2D eigenvalue weighted by Gasteiger charge is -2.12. The highest BCUT2D eigenvalue weighted by atomic mass is 32.2. The van der Waals surface area contributed by atoms with Gasteiger partial charge in [-0.1, -0.05) is 18.2 Å². The molecule has 0 bridgehead atoms. The van der Waals surface area contributed by atoms with Crippen molar-refractivity contribution in [2.24, 2.45) is 0 Å². The van der Waals surface area contributed by atoms with Crippen LogP contribution in [0.2, 0.25) is 0 Å². The Morgan fingerprint density at radius 1 is 1.15 bits per heavy atom. The van der Waals surface area contributed by atoms with Crippen LogP contribution in [0.3, 0.4) is 0 Å². The van der Waals surface area contributed by atoms with Crippen molar-refractivity contribution in [3.63, 3.8) is 0 Å². The molecule has 11 heteroatoms. The lowest BCUT2D eigenvalue weighted by Crippen LogP contribution is -2.20. The summed E-state index contributed by atoms with van der Waals surface area (Å²) in [6, 6.07) is 14.4. The Labute approximate surface area is 195 Å². The molecule has 2 heterocycles. The first-order valence-corrected chi connectivity index (χ1v) is 11.0. The van der Waals surface area contributed by atoms with Gasteiger partial charge in [-0.3, -0.25) is 9.59 Å². The molecule has 2 aromatic carbocycles. The Morgan fingerprint density at radius 2 is 1.94 bits per heavy atom. The van der Waals surface area contributed by atoms with Crippen LogP contribution in [-0.2, 0) is 16.7 Å². The zero-order chi connectivity index (χ0) is 24.3. The summed E-state index contributed by atoms with van der Waals surface area (Å²) < 4.78 is 50.1. The van der Waals surface area contributed by atoms with E-state index in [2.05, 4.69) is 10.3 Å². The topological polar surface area (TPSA) is 85.8 Å². The standard InChI is InChI=1S/C23H18F3N3O4S/c1-14-9-20-27-16(11-22(31)29(20)33-14)13-34-19-8-3-2-7-18(19)28-21(30)12-32-17-6-4-5-15(10-17)23(24,25)26/h2-11H,12-13H2,1H3,(H,28,30). The van der Waals surface area contributed by atoms with Gasteiger partial charge in [0.25, 0.3) is 11.5 Å². The van der Waals surface area contributed by atoms with Gasteiger partial charge in [0, 0.05) is 22.8 Å². The predicted molar refractivity (Wildman–Crippen MR) is 120 cm³/mol. The van der Waals surface area contributed by atoms with E-state index in [1.165, 1.54) is 30.0 Å². The van der Waals surface area contributed by atoms with Gasteiger partial charge in [0.05, 0.1) is 16.9 Å². The number of anilines is 1. The van der Waals surface area contributed by atoms with E-state index in [9.17, 15) is 22.8 Å². The zero-order valence-corrected chi connectivity index (χ0v) is 18.6. The third-order valence-corrected chi connectivity index (χ3v) is 5.70. The van der Waals surface area contributed by atoms with Gasteiger partial charge in [-0.05, 0) is 37.3 Å². The summed E-state index contributed by atoms with van der Waals surface area (Å²) in [6.07, 6.45) is -4.50. The number of aryl methyl sites for hydroxylation is 1. The summed E-state index contributed by atoms with van der Waals surface area (Å²) in [7, 11) is 0. The number of carbonyl (C=O) groups excluding carboxylic acids is 1. The van der Waals surface area contributed by atoms with E-state index in [0.717, 1.165) is 21.6 Å². The van der Waals surface area contributed by atoms with E-state index in [0.29, 0.717) is 28.5 Å². The fourth-order valence-corrected chi connectivity index (χ4v) is 3.99. The number of thioether (sulfide) groups is 1. The van der Waals surface area contributed by atoms with E-state index in [-0.39, 0.29) is 11.3 Å².